The molecule has 1 aliphatic carbocycles. The molecule has 0 spiro atoms. The van der Waals surface area contributed by atoms with Gasteiger partial charge in [0.25, 0.3) is 0 Å². The van der Waals surface area contributed by atoms with Crippen LogP contribution in [0.5, 0.6) is 0 Å². The van der Waals surface area contributed by atoms with Crippen LogP contribution in [0.4, 0.5) is 0 Å². The molecule has 0 saturated heterocycles. The lowest BCUT2D eigenvalue weighted by Crippen LogP contribution is -2.20. The van der Waals surface area contributed by atoms with Gasteiger partial charge in [0.2, 0.25) is 0 Å². The zero-order valence-electron chi connectivity index (χ0n) is 13.1. The SMILES string of the molecule is CC1=C(C)[C@](C)(C/C=C/c2ccccc2)c2ccccc21. The molecule has 0 radical (unpaired) electrons. The minimum absolute atomic E-state index is 0.131. The van der Waals surface area contributed by atoms with Crippen LogP contribution in [0, 0.1) is 0 Å². The standard InChI is InChI=1S/C21H22/c1-16-17(2)21(3,20-14-8-7-13-19(16)20)15-9-12-18-10-5-4-6-11-18/h4-14H,15H2,1-3H3/b12-9+/t21-/m0/s1. The van der Waals surface area contributed by atoms with Crippen molar-refractivity contribution < 1.29 is 0 Å². The molecular weight excluding hydrogens is 252 g/mol. The van der Waals surface area contributed by atoms with Crippen LogP contribution in [-0.2, 0) is 5.41 Å². The summed E-state index contributed by atoms with van der Waals surface area (Å²) < 4.78 is 0. The smallest absolute Gasteiger partial charge is 0.0177 e. The van der Waals surface area contributed by atoms with E-state index >= 15 is 0 Å². The Kier molecular flexibility index (Phi) is 3.55. The monoisotopic (exact) mass is 274 g/mol. The molecule has 0 amide bonds. The molecule has 0 nitrogen and oxygen atoms in total. The molecule has 106 valence electrons. The summed E-state index contributed by atoms with van der Waals surface area (Å²) in [6, 6.07) is 19.4. The molecule has 0 bridgehead atoms. The van der Waals surface area contributed by atoms with E-state index < -0.39 is 0 Å². The normalized spacial score (nSPS) is 21.1. The van der Waals surface area contributed by atoms with Crippen molar-refractivity contribution in [1.82, 2.24) is 0 Å². The van der Waals surface area contributed by atoms with E-state index in [9.17, 15) is 0 Å². The largest absolute Gasteiger partial charge is 0.0827 e. The highest BCUT2D eigenvalue weighted by atomic mass is 14.4. The van der Waals surface area contributed by atoms with Crippen molar-refractivity contribution in [3.8, 4) is 0 Å². The average Bonchev–Trinajstić information content (AvgIpc) is 2.71. The molecule has 0 unspecified atom stereocenters. The van der Waals surface area contributed by atoms with Crippen molar-refractivity contribution >= 4 is 11.6 Å². The lowest BCUT2D eigenvalue weighted by Gasteiger charge is -2.27. The van der Waals surface area contributed by atoms with Gasteiger partial charge in [-0.1, -0.05) is 79.2 Å². The fraction of sp³-hybridized carbons (Fsp3) is 0.238. The Hall–Kier alpha value is -2.08. The number of rotatable bonds is 3. The van der Waals surface area contributed by atoms with Crippen LogP contribution < -0.4 is 0 Å². The maximum Gasteiger partial charge on any atom is 0.0177 e. The molecule has 0 N–H and O–H groups in total. The second kappa shape index (κ2) is 5.37. The number of hydrogen-bond donors (Lipinski definition) is 0. The number of hydrogen-bond acceptors (Lipinski definition) is 0. The van der Waals surface area contributed by atoms with Gasteiger partial charge < -0.3 is 0 Å². The highest BCUT2D eigenvalue weighted by molar-refractivity contribution is 5.78. The Morgan fingerprint density at radius 2 is 1.57 bits per heavy atom. The van der Waals surface area contributed by atoms with Crippen molar-refractivity contribution in [3.63, 3.8) is 0 Å². The molecular formula is C21H22. The molecule has 0 aliphatic heterocycles. The van der Waals surface area contributed by atoms with Crippen LogP contribution in [0.2, 0.25) is 0 Å². The van der Waals surface area contributed by atoms with Gasteiger partial charge in [-0.15, -0.1) is 0 Å². The van der Waals surface area contributed by atoms with Gasteiger partial charge in [0, 0.05) is 5.41 Å². The molecule has 0 heteroatoms. The Labute approximate surface area is 127 Å². The fourth-order valence-corrected chi connectivity index (χ4v) is 3.37. The Balaban J connectivity index is 1.90. The number of fused-ring (bicyclic) bond motifs is 1. The maximum atomic E-state index is 2.37. The summed E-state index contributed by atoms with van der Waals surface area (Å²) in [6.07, 6.45) is 5.59. The first kappa shape index (κ1) is 13.9. The summed E-state index contributed by atoms with van der Waals surface area (Å²) >= 11 is 0. The molecule has 0 saturated carbocycles. The first-order chi connectivity index (χ1) is 10.1. The highest BCUT2D eigenvalue weighted by Crippen LogP contribution is 2.48. The van der Waals surface area contributed by atoms with E-state index in [0.717, 1.165) is 6.42 Å². The minimum Gasteiger partial charge on any atom is -0.0827 e. The fourth-order valence-electron chi connectivity index (χ4n) is 3.37. The third-order valence-corrected chi connectivity index (χ3v) is 4.95. The van der Waals surface area contributed by atoms with Crippen molar-refractivity contribution in [2.45, 2.75) is 32.6 Å². The summed E-state index contributed by atoms with van der Waals surface area (Å²) in [5, 5.41) is 0. The van der Waals surface area contributed by atoms with Crippen molar-refractivity contribution in [2.24, 2.45) is 0 Å². The predicted molar refractivity (Wildman–Crippen MR) is 92.2 cm³/mol. The van der Waals surface area contributed by atoms with Gasteiger partial charge in [-0.25, -0.2) is 0 Å². The molecule has 1 atom stereocenters. The van der Waals surface area contributed by atoms with Crippen molar-refractivity contribution in [3.05, 3.63) is 82.9 Å². The summed E-state index contributed by atoms with van der Waals surface area (Å²) in [4.78, 5) is 0. The predicted octanol–water partition coefficient (Wildman–Crippen LogP) is 5.85. The molecule has 0 aromatic heterocycles. The van der Waals surface area contributed by atoms with Gasteiger partial charge in [-0.3, -0.25) is 0 Å². The van der Waals surface area contributed by atoms with E-state index in [1.54, 1.807) is 0 Å². The Morgan fingerprint density at radius 1 is 0.905 bits per heavy atom. The van der Waals surface area contributed by atoms with Crippen LogP contribution in [0.15, 0.2) is 66.2 Å². The molecule has 2 aromatic rings. The van der Waals surface area contributed by atoms with Crippen molar-refractivity contribution in [1.29, 1.82) is 0 Å². The third-order valence-electron chi connectivity index (χ3n) is 4.95. The Morgan fingerprint density at radius 3 is 2.33 bits per heavy atom. The molecule has 0 fully saturated rings. The Bertz CT molecular complexity index is 704. The van der Waals surface area contributed by atoms with Gasteiger partial charge in [0.1, 0.15) is 0 Å². The average molecular weight is 274 g/mol. The van der Waals surface area contributed by atoms with Crippen LogP contribution in [-0.4, -0.2) is 0 Å². The van der Waals surface area contributed by atoms with E-state index in [0.29, 0.717) is 0 Å². The lowest BCUT2D eigenvalue weighted by atomic mass is 9.77. The van der Waals surface area contributed by atoms with Crippen molar-refractivity contribution in [2.75, 3.05) is 0 Å². The summed E-state index contributed by atoms with van der Waals surface area (Å²) in [5.74, 6) is 0. The second-order valence-electron chi connectivity index (χ2n) is 6.14. The van der Waals surface area contributed by atoms with E-state index in [2.05, 4.69) is 87.5 Å². The molecule has 2 aromatic carbocycles. The van der Waals surface area contributed by atoms with Crippen LogP contribution in [0.1, 0.15) is 43.9 Å². The van der Waals surface area contributed by atoms with Gasteiger partial charge in [0.15, 0.2) is 0 Å². The molecule has 21 heavy (non-hydrogen) atoms. The lowest BCUT2D eigenvalue weighted by molar-refractivity contribution is 0.579. The minimum atomic E-state index is 0.131. The molecule has 3 rings (SSSR count). The zero-order valence-corrected chi connectivity index (χ0v) is 13.1. The van der Waals surface area contributed by atoms with E-state index in [-0.39, 0.29) is 5.41 Å². The summed E-state index contributed by atoms with van der Waals surface area (Å²) in [7, 11) is 0. The summed E-state index contributed by atoms with van der Waals surface area (Å²) in [5.41, 5.74) is 7.24. The molecule has 1 aliphatic rings. The van der Waals surface area contributed by atoms with Crippen LogP contribution in [0.3, 0.4) is 0 Å². The van der Waals surface area contributed by atoms with Gasteiger partial charge in [-0.2, -0.15) is 0 Å². The summed E-state index contributed by atoms with van der Waals surface area (Å²) in [6.45, 7) is 6.90. The van der Waals surface area contributed by atoms with E-state index in [1.807, 2.05) is 0 Å². The van der Waals surface area contributed by atoms with Gasteiger partial charge in [-0.05, 0) is 42.5 Å². The topological polar surface area (TPSA) is 0 Å². The van der Waals surface area contributed by atoms with E-state index in [4.69, 9.17) is 0 Å². The first-order valence-electron chi connectivity index (χ1n) is 7.62. The molecule has 0 heterocycles. The highest BCUT2D eigenvalue weighted by Gasteiger charge is 2.36. The first-order valence-corrected chi connectivity index (χ1v) is 7.62. The van der Waals surface area contributed by atoms with Crippen LogP contribution in [0.25, 0.3) is 11.6 Å². The number of benzene rings is 2. The quantitative estimate of drug-likeness (QED) is 0.658. The van der Waals surface area contributed by atoms with E-state index in [1.165, 1.54) is 27.8 Å². The maximum absolute atomic E-state index is 2.37. The van der Waals surface area contributed by atoms with Crippen LogP contribution >= 0.6 is 0 Å². The third kappa shape index (κ3) is 2.35. The zero-order chi connectivity index (χ0) is 14.9. The van der Waals surface area contributed by atoms with Gasteiger partial charge >= 0.3 is 0 Å². The van der Waals surface area contributed by atoms with Gasteiger partial charge in [0.05, 0.1) is 0 Å². The second-order valence-corrected chi connectivity index (χ2v) is 6.14. The number of allylic oxidation sites excluding steroid dienone is 3.